The molecule has 0 radical (unpaired) electrons. The number of nitrogens with zero attached hydrogens (tertiary/aromatic N) is 2. The second kappa shape index (κ2) is 11.9. The lowest BCUT2D eigenvalue weighted by Gasteiger charge is -2.15. The molecule has 0 aromatic heterocycles. The van der Waals surface area contributed by atoms with E-state index in [1.807, 2.05) is 13.8 Å². The maximum atomic E-state index is 12.8. The lowest BCUT2D eigenvalue weighted by atomic mass is 10.2. The first-order chi connectivity index (χ1) is 15.3. The number of amides is 1. The standard InChI is InChI=1S/C22H26ClN3O6/c1-6-31-17-11-18(20(23)19(12-17)32-7-2)24-22(28)21(13(3)27)26-25-14-8-15(29-4)10-16(9-14)30-5/h8-12,21H,6-7H2,1-5H3,(H,24,28). The van der Waals surface area contributed by atoms with Gasteiger partial charge in [0.2, 0.25) is 6.04 Å². The molecule has 0 bridgehead atoms. The Balaban J connectivity index is 2.31. The summed E-state index contributed by atoms with van der Waals surface area (Å²) in [4.78, 5) is 25.0. The zero-order valence-electron chi connectivity index (χ0n) is 18.6. The van der Waals surface area contributed by atoms with Crippen LogP contribution in [0.25, 0.3) is 0 Å². The second-order valence-electron chi connectivity index (χ2n) is 6.44. The highest BCUT2D eigenvalue weighted by atomic mass is 35.5. The highest BCUT2D eigenvalue weighted by Gasteiger charge is 2.25. The Morgan fingerprint density at radius 2 is 1.59 bits per heavy atom. The van der Waals surface area contributed by atoms with Crippen molar-refractivity contribution in [3.63, 3.8) is 0 Å². The van der Waals surface area contributed by atoms with E-state index in [0.29, 0.717) is 41.9 Å². The molecule has 172 valence electrons. The molecule has 0 aliphatic carbocycles. The van der Waals surface area contributed by atoms with Crippen LogP contribution < -0.4 is 24.3 Å². The van der Waals surface area contributed by atoms with Crippen LogP contribution >= 0.6 is 11.6 Å². The van der Waals surface area contributed by atoms with E-state index in [4.69, 9.17) is 30.5 Å². The largest absolute Gasteiger partial charge is 0.497 e. The predicted octanol–water partition coefficient (Wildman–Crippen LogP) is 4.83. The Hall–Kier alpha value is -3.33. The average Bonchev–Trinajstić information content (AvgIpc) is 2.76. The molecule has 9 nitrogen and oxygen atoms in total. The van der Waals surface area contributed by atoms with E-state index in [1.165, 1.54) is 21.1 Å². The molecule has 1 unspecified atom stereocenters. The predicted molar refractivity (Wildman–Crippen MR) is 121 cm³/mol. The van der Waals surface area contributed by atoms with Gasteiger partial charge in [-0.25, -0.2) is 0 Å². The molecule has 0 heterocycles. The Morgan fingerprint density at radius 1 is 0.969 bits per heavy atom. The van der Waals surface area contributed by atoms with Crippen LogP contribution in [0, 0.1) is 0 Å². The zero-order chi connectivity index (χ0) is 23.7. The van der Waals surface area contributed by atoms with E-state index in [9.17, 15) is 9.59 Å². The third-order valence-electron chi connectivity index (χ3n) is 4.14. The van der Waals surface area contributed by atoms with Crippen LogP contribution in [0.15, 0.2) is 40.6 Å². The molecule has 32 heavy (non-hydrogen) atoms. The Morgan fingerprint density at radius 3 is 2.12 bits per heavy atom. The summed E-state index contributed by atoms with van der Waals surface area (Å²) in [6, 6.07) is 6.64. The highest BCUT2D eigenvalue weighted by Crippen LogP contribution is 2.37. The SMILES string of the molecule is CCOc1cc(NC(=O)C(N=Nc2cc(OC)cc(OC)c2)C(C)=O)c(Cl)c(OCC)c1. The fourth-order valence-electron chi connectivity index (χ4n) is 2.67. The van der Waals surface area contributed by atoms with Crippen LogP contribution in [0.3, 0.4) is 0 Å². The fourth-order valence-corrected chi connectivity index (χ4v) is 2.88. The normalized spacial score (nSPS) is 11.7. The van der Waals surface area contributed by atoms with Crippen molar-refractivity contribution in [1.29, 1.82) is 0 Å². The van der Waals surface area contributed by atoms with Gasteiger partial charge in [-0.2, -0.15) is 10.2 Å². The van der Waals surface area contributed by atoms with E-state index in [2.05, 4.69) is 15.5 Å². The maximum absolute atomic E-state index is 12.8. The van der Waals surface area contributed by atoms with E-state index >= 15 is 0 Å². The summed E-state index contributed by atoms with van der Waals surface area (Å²) >= 11 is 6.37. The van der Waals surface area contributed by atoms with Crippen LogP contribution in [0.5, 0.6) is 23.0 Å². The van der Waals surface area contributed by atoms with E-state index in [0.717, 1.165) is 0 Å². The number of ether oxygens (including phenoxy) is 4. The van der Waals surface area contributed by atoms with Gasteiger partial charge in [-0.1, -0.05) is 11.6 Å². The van der Waals surface area contributed by atoms with Crippen molar-refractivity contribution in [1.82, 2.24) is 0 Å². The average molecular weight is 464 g/mol. The minimum absolute atomic E-state index is 0.181. The van der Waals surface area contributed by atoms with Gasteiger partial charge in [0.05, 0.1) is 38.8 Å². The molecule has 1 atom stereocenters. The highest BCUT2D eigenvalue weighted by molar-refractivity contribution is 6.35. The number of hydrogen-bond donors (Lipinski definition) is 1. The smallest absolute Gasteiger partial charge is 0.258 e. The van der Waals surface area contributed by atoms with Crippen molar-refractivity contribution >= 4 is 34.7 Å². The van der Waals surface area contributed by atoms with Crippen LogP contribution in [0.4, 0.5) is 11.4 Å². The molecule has 0 fully saturated rings. The first-order valence-electron chi connectivity index (χ1n) is 9.87. The third-order valence-corrected chi connectivity index (χ3v) is 4.53. The van der Waals surface area contributed by atoms with Gasteiger partial charge in [0.25, 0.3) is 5.91 Å². The van der Waals surface area contributed by atoms with Crippen LogP contribution in [0.2, 0.25) is 5.02 Å². The molecule has 1 N–H and O–H groups in total. The molecule has 0 aliphatic heterocycles. The molecule has 0 saturated carbocycles. The fraction of sp³-hybridized carbons (Fsp3) is 0.364. The number of azo groups is 1. The van der Waals surface area contributed by atoms with E-state index in [1.54, 1.807) is 30.3 Å². The Kier molecular flexibility index (Phi) is 9.27. The number of rotatable bonds is 11. The van der Waals surface area contributed by atoms with Gasteiger partial charge < -0.3 is 24.3 Å². The van der Waals surface area contributed by atoms with Gasteiger partial charge in [0.1, 0.15) is 28.0 Å². The van der Waals surface area contributed by atoms with Crippen LogP contribution in [0.1, 0.15) is 20.8 Å². The van der Waals surface area contributed by atoms with Gasteiger partial charge >= 0.3 is 0 Å². The summed E-state index contributed by atoms with van der Waals surface area (Å²) in [5, 5.41) is 10.8. The van der Waals surface area contributed by atoms with Crippen molar-refractivity contribution < 1.29 is 28.5 Å². The van der Waals surface area contributed by atoms with Crippen LogP contribution in [-0.2, 0) is 9.59 Å². The number of ketones is 1. The van der Waals surface area contributed by atoms with Gasteiger partial charge in [-0.3, -0.25) is 9.59 Å². The Bertz CT molecular complexity index is 974. The van der Waals surface area contributed by atoms with Crippen molar-refractivity contribution in [3.05, 3.63) is 35.4 Å². The lowest BCUT2D eigenvalue weighted by molar-refractivity contribution is -0.126. The second-order valence-corrected chi connectivity index (χ2v) is 6.82. The lowest BCUT2D eigenvalue weighted by Crippen LogP contribution is -2.32. The summed E-state index contributed by atoms with van der Waals surface area (Å²) in [5.41, 5.74) is 0.589. The topological polar surface area (TPSA) is 108 Å². The van der Waals surface area contributed by atoms with Crippen molar-refractivity contribution in [3.8, 4) is 23.0 Å². The molecule has 2 rings (SSSR count). The minimum atomic E-state index is -1.39. The quantitative estimate of drug-likeness (QED) is 0.377. The first kappa shape index (κ1) is 24.9. The number of carbonyl (C=O) groups is 2. The van der Waals surface area contributed by atoms with Gasteiger partial charge in [0.15, 0.2) is 5.78 Å². The van der Waals surface area contributed by atoms with Gasteiger partial charge in [-0.05, 0) is 20.8 Å². The van der Waals surface area contributed by atoms with E-state index < -0.39 is 17.7 Å². The van der Waals surface area contributed by atoms with Gasteiger partial charge in [-0.15, -0.1) is 0 Å². The maximum Gasteiger partial charge on any atom is 0.258 e. The number of nitrogens with one attached hydrogen (secondary N) is 1. The first-order valence-corrected chi connectivity index (χ1v) is 10.2. The molecule has 0 spiro atoms. The van der Waals surface area contributed by atoms with Crippen LogP contribution in [-0.4, -0.2) is 45.2 Å². The third kappa shape index (κ3) is 6.58. The summed E-state index contributed by atoms with van der Waals surface area (Å²) in [7, 11) is 3.00. The minimum Gasteiger partial charge on any atom is -0.497 e. The summed E-state index contributed by atoms with van der Waals surface area (Å²) in [6.45, 7) is 5.67. The molecule has 0 saturated heterocycles. The molecule has 2 aromatic carbocycles. The summed E-state index contributed by atoms with van der Waals surface area (Å²) in [5.74, 6) is 0.590. The zero-order valence-corrected chi connectivity index (χ0v) is 19.4. The molecular weight excluding hydrogens is 438 g/mol. The molecule has 0 aliphatic rings. The number of halogens is 1. The van der Waals surface area contributed by atoms with E-state index in [-0.39, 0.29) is 10.7 Å². The Labute approximate surface area is 191 Å². The molecule has 10 heteroatoms. The number of carbonyl (C=O) groups excluding carboxylic acids is 2. The number of Topliss-reactive ketones (excluding diaryl/α,β-unsaturated/α-hetero) is 1. The summed E-state index contributed by atoms with van der Waals surface area (Å²) < 4.78 is 21.4. The van der Waals surface area contributed by atoms with Crippen molar-refractivity contribution in [2.24, 2.45) is 10.2 Å². The number of methoxy groups -OCH3 is 2. The number of anilines is 1. The van der Waals surface area contributed by atoms with Gasteiger partial charge in [0, 0.05) is 30.3 Å². The number of benzene rings is 2. The molecule has 2 aromatic rings. The monoisotopic (exact) mass is 463 g/mol. The molecule has 1 amide bonds. The van der Waals surface area contributed by atoms with Crippen molar-refractivity contribution in [2.45, 2.75) is 26.8 Å². The molecular formula is C22H26ClN3O6. The van der Waals surface area contributed by atoms with Crippen molar-refractivity contribution in [2.75, 3.05) is 32.8 Å². The summed E-state index contributed by atoms with van der Waals surface area (Å²) in [6.07, 6.45) is 0. The number of hydrogen-bond acceptors (Lipinski definition) is 8.